The molecular formula is C45H66N12O11. The van der Waals surface area contributed by atoms with Crippen LogP contribution in [0.3, 0.4) is 0 Å². The number of hydrogen-bond acceptors (Lipinski definition) is 12. The van der Waals surface area contributed by atoms with E-state index in [1.54, 1.807) is 60.7 Å². The average molecular weight is 951 g/mol. The van der Waals surface area contributed by atoms with Crippen LogP contribution in [0.5, 0.6) is 0 Å². The number of aliphatic hydroxyl groups is 1. The molecule has 0 spiro atoms. The third-order valence-corrected chi connectivity index (χ3v) is 10.9. The van der Waals surface area contributed by atoms with Gasteiger partial charge in [-0.2, -0.15) is 0 Å². The Morgan fingerprint density at radius 2 is 1.21 bits per heavy atom. The molecule has 372 valence electrons. The maximum atomic E-state index is 14.0. The van der Waals surface area contributed by atoms with Crippen LogP contribution in [-0.2, 0) is 56.0 Å². The standard InChI is InChI=1S/C45H66N12O11/c1-25(2)20-31(37(47)61)53-40(64)30(16-10-18-50-45(48)49)52-43(67)35-17-11-19-57(35)44(68)34(24-58)56-42(66)33(22-28-14-8-5-9-15-28)54-38(62)26(3)51-41(65)32(21-27-12-6-4-7-13-27)55-39(63)29(46)23-36(59)60/h4-9,12-15,25-26,29-35,58H,10-11,16-24,46H2,1-3H3,(H2,47,61)(H,51,65)(H,52,67)(H,53,64)(H,54,62)(H,55,63)(H,56,66)(H,59,60)(H4,48,49,50)/t26-,29-,30-,31-,32-,33-,34-,35-/m0/s1. The number of carbonyl (C=O) groups is 9. The Morgan fingerprint density at radius 1 is 0.691 bits per heavy atom. The highest BCUT2D eigenvalue weighted by atomic mass is 16.4. The smallest absolute Gasteiger partial charge is 0.305 e. The summed E-state index contributed by atoms with van der Waals surface area (Å²) in [4.78, 5) is 124. The van der Waals surface area contributed by atoms with Gasteiger partial charge in [0.25, 0.3) is 0 Å². The molecule has 2 aromatic rings. The van der Waals surface area contributed by atoms with E-state index in [1.807, 2.05) is 13.8 Å². The molecule has 8 amide bonds. The number of guanidine groups is 1. The van der Waals surface area contributed by atoms with Gasteiger partial charge in [0.05, 0.1) is 19.1 Å². The van der Waals surface area contributed by atoms with Crippen molar-refractivity contribution < 1.29 is 53.4 Å². The Hall–Kier alpha value is -7.14. The Labute approximate surface area is 394 Å². The van der Waals surface area contributed by atoms with E-state index in [1.165, 1.54) is 11.8 Å². The minimum Gasteiger partial charge on any atom is -0.481 e. The molecule has 23 heteroatoms. The first kappa shape index (κ1) is 55.2. The van der Waals surface area contributed by atoms with Crippen molar-refractivity contribution >= 4 is 59.2 Å². The van der Waals surface area contributed by atoms with Crippen LogP contribution < -0.4 is 54.8 Å². The van der Waals surface area contributed by atoms with E-state index in [-0.39, 0.29) is 63.5 Å². The predicted octanol–water partition coefficient (Wildman–Crippen LogP) is -3.23. The van der Waals surface area contributed by atoms with E-state index >= 15 is 0 Å². The highest BCUT2D eigenvalue weighted by molar-refractivity contribution is 5.98. The second-order valence-electron chi connectivity index (χ2n) is 17.0. The van der Waals surface area contributed by atoms with E-state index in [0.717, 1.165) is 0 Å². The molecule has 2 aromatic carbocycles. The third-order valence-electron chi connectivity index (χ3n) is 10.9. The van der Waals surface area contributed by atoms with Crippen LogP contribution in [0.1, 0.15) is 70.4 Å². The molecule has 1 heterocycles. The summed E-state index contributed by atoms with van der Waals surface area (Å²) in [5.41, 5.74) is 23.4. The summed E-state index contributed by atoms with van der Waals surface area (Å²) in [6.45, 7) is 4.30. The molecule has 3 rings (SSSR count). The fourth-order valence-corrected chi connectivity index (χ4v) is 7.35. The molecular weight excluding hydrogens is 885 g/mol. The van der Waals surface area contributed by atoms with Crippen molar-refractivity contribution in [3.8, 4) is 0 Å². The lowest BCUT2D eigenvalue weighted by Gasteiger charge is -2.30. The minimum atomic E-state index is -1.59. The van der Waals surface area contributed by atoms with Crippen molar-refractivity contribution in [2.45, 2.75) is 120 Å². The van der Waals surface area contributed by atoms with Crippen LogP contribution in [0.25, 0.3) is 0 Å². The lowest BCUT2D eigenvalue weighted by molar-refractivity contribution is -0.143. The maximum absolute atomic E-state index is 14.0. The third kappa shape index (κ3) is 18.3. The van der Waals surface area contributed by atoms with Crippen molar-refractivity contribution in [3.05, 3.63) is 71.8 Å². The summed E-state index contributed by atoms with van der Waals surface area (Å²) in [7, 11) is 0. The zero-order valence-corrected chi connectivity index (χ0v) is 38.5. The molecule has 1 aliphatic heterocycles. The lowest BCUT2D eigenvalue weighted by Crippen LogP contribution is -2.60. The number of rotatable bonds is 27. The van der Waals surface area contributed by atoms with Gasteiger partial charge < -0.3 is 69.9 Å². The molecule has 0 aromatic heterocycles. The quantitative estimate of drug-likeness (QED) is 0.0238. The molecule has 0 saturated carbocycles. The number of nitrogens with one attached hydrogen (secondary N) is 6. The lowest BCUT2D eigenvalue weighted by atomic mass is 10.0. The van der Waals surface area contributed by atoms with Crippen LogP contribution in [-0.4, -0.2) is 142 Å². The van der Waals surface area contributed by atoms with Gasteiger partial charge in [-0.25, -0.2) is 0 Å². The zero-order chi connectivity index (χ0) is 50.5. The van der Waals surface area contributed by atoms with Crippen LogP contribution in [0.15, 0.2) is 65.7 Å². The van der Waals surface area contributed by atoms with Gasteiger partial charge in [-0.05, 0) is 56.1 Å². The fraction of sp³-hybridized carbons (Fsp3) is 0.511. The Morgan fingerprint density at radius 3 is 1.72 bits per heavy atom. The number of nitrogens with two attached hydrogens (primary N) is 4. The summed E-state index contributed by atoms with van der Waals surface area (Å²) in [5.74, 6) is -7.94. The topological polar surface area (TPSA) is 386 Å². The van der Waals surface area contributed by atoms with Gasteiger partial charge >= 0.3 is 5.97 Å². The first-order valence-electron chi connectivity index (χ1n) is 22.3. The van der Waals surface area contributed by atoms with E-state index in [0.29, 0.717) is 17.5 Å². The van der Waals surface area contributed by atoms with Crippen molar-refractivity contribution in [1.29, 1.82) is 0 Å². The van der Waals surface area contributed by atoms with Crippen molar-refractivity contribution in [3.63, 3.8) is 0 Å². The fourth-order valence-electron chi connectivity index (χ4n) is 7.35. The molecule has 1 aliphatic rings. The molecule has 8 atom stereocenters. The number of carboxylic acid groups (broad SMARTS) is 1. The van der Waals surface area contributed by atoms with E-state index < -0.39 is 115 Å². The summed E-state index contributed by atoms with van der Waals surface area (Å²) < 4.78 is 0. The minimum absolute atomic E-state index is 0.00650. The zero-order valence-electron chi connectivity index (χ0n) is 38.5. The highest BCUT2D eigenvalue weighted by Gasteiger charge is 2.40. The number of likely N-dealkylation sites (tertiary alicyclic amines) is 1. The van der Waals surface area contributed by atoms with Gasteiger partial charge in [0, 0.05) is 25.9 Å². The second kappa shape index (κ2) is 27.5. The predicted molar refractivity (Wildman–Crippen MR) is 248 cm³/mol. The summed E-state index contributed by atoms with van der Waals surface area (Å²) in [5, 5.41) is 34.9. The van der Waals surface area contributed by atoms with E-state index in [2.05, 4.69) is 36.9 Å². The van der Waals surface area contributed by atoms with E-state index in [4.69, 9.17) is 28.0 Å². The molecule has 16 N–H and O–H groups in total. The van der Waals surface area contributed by atoms with Gasteiger partial charge in [-0.1, -0.05) is 74.5 Å². The molecule has 68 heavy (non-hydrogen) atoms. The Kier molecular flexibility index (Phi) is 22.3. The summed E-state index contributed by atoms with van der Waals surface area (Å²) in [6, 6.07) is 6.71. The number of amides is 8. The molecule has 0 aliphatic carbocycles. The van der Waals surface area contributed by atoms with Crippen molar-refractivity contribution in [2.75, 3.05) is 19.7 Å². The molecule has 0 unspecified atom stereocenters. The summed E-state index contributed by atoms with van der Waals surface area (Å²) >= 11 is 0. The van der Waals surface area contributed by atoms with Crippen molar-refractivity contribution in [1.82, 2.24) is 36.8 Å². The van der Waals surface area contributed by atoms with Gasteiger partial charge in [0.15, 0.2) is 5.96 Å². The molecule has 1 saturated heterocycles. The Bertz CT molecular complexity index is 2090. The van der Waals surface area contributed by atoms with Crippen LogP contribution in [0, 0.1) is 5.92 Å². The Balaban J connectivity index is 1.78. The van der Waals surface area contributed by atoms with Gasteiger partial charge in [0.2, 0.25) is 47.3 Å². The van der Waals surface area contributed by atoms with Gasteiger partial charge in [0.1, 0.15) is 42.3 Å². The molecule has 0 radical (unpaired) electrons. The first-order chi connectivity index (χ1) is 32.2. The SMILES string of the molecule is CC(C)C[C@H](NC(=O)[C@H](CCCN=C(N)N)NC(=O)[C@@H]1CCCN1C(=O)[C@H](CO)NC(=O)[C@H](Cc1ccccc1)NC(=O)[C@H](C)NC(=O)[C@H](Cc1ccccc1)NC(=O)[C@@H](N)CC(=O)O)C(N)=O. The number of benzene rings is 2. The average Bonchev–Trinajstić information content (AvgIpc) is 3.79. The van der Waals surface area contributed by atoms with Gasteiger partial charge in [-0.3, -0.25) is 48.1 Å². The van der Waals surface area contributed by atoms with Crippen LogP contribution in [0.4, 0.5) is 0 Å². The van der Waals surface area contributed by atoms with E-state index in [9.17, 15) is 48.3 Å². The molecule has 23 nitrogen and oxygen atoms in total. The van der Waals surface area contributed by atoms with Gasteiger partial charge in [-0.15, -0.1) is 0 Å². The largest absolute Gasteiger partial charge is 0.481 e. The highest BCUT2D eigenvalue weighted by Crippen LogP contribution is 2.20. The monoisotopic (exact) mass is 950 g/mol. The number of hydrogen-bond donors (Lipinski definition) is 12. The van der Waals surface area contributed by atoms with Crippen LogP contribution in [0.2, 0.25) is 0 Å². The first-order valence-corrected chi connectivity index (χ1v) is 22.3. The maximum Gasteiger partial charge on any atom is 0.305 e. The number of primary amides is 1. The normalized spacial score (nSPS) is 16.3. The number of carboxylic acids is 1. The molecule has 0 bridgehead atoms. The second-order valence-corrected chi connectivity index (χ2v) is 17.0. The number of carbonyl (C=O) groups excluding carboxylic acids is 8. The number of aliphatic hydroxyl groups excluding tert-OH is 1. The van der Waals surface area contributed by atoms with Crippen molar-refractivity contribution in [2.24, 2.45) is 33.8 Å². The molecule has 1 fully saturated rings. The number of nitrogens with zero attached hydrogens (tertiary/aromatic N) is 2. The summed E-state index contributed by atoms with van der Waals surface area (Å²) in [6.07, 6.45) is 0.214. The number of aliphatic imine (C=N–C) groups is 1. The van der Waals surface area contributed by atoms with Crippen LogP contribution >= 0.6 is 0 Å². The number of aliphatic carboxylic acids is 1.